The fraction of sp³-hybridized carbons (Fsp3) is 0.667. The quantitative estimate of drug-likeness (QED) is 0.817. The molecule has 1 aliphatic rings. The van der Waals surface area contributed by atoms with Gasteiger partial charge in [0, 0.05) is 18.6 Å². The zero-order chi connectivity index (χ0) is 14.5. The van der Waals surface area contributed by atoms with Crippen LogP contribution in [0.4, 0.5) is 0 Å². The highest BCUT2D eigenvalue weighted by atomic mass is 15.0. The summed E-state index contributed by atoms with van der Waals surface area (Å²) >= 11 is 0. The predicted octanol–water partition coefficient (Wildman–Crippen LogP) is 3.92. The number of hydrogen-bond donors (Lipinski definition) is 2. The lowest BCUT2D eigenvalue weighted by Gasteiger charge is -2.26. The lowest BCUT2D eigenvalue weighted by Crippen LogP contribution is -2.36. The zero-order valence-electron chi connectivity index (χ0n) is 13.3. The summed E-state index contributed by atoms with van der Waals surface area (Å²) in [6, 6.07) is 5.57. The Hall–Kier alpha value is -0.860. The Balaban J connectivity index is 2.13. The Morgan fingerprint density at radius 1 is 1.00 bits per heavy atom. The van der Waals surface area contributed by atoms with Gasteiger partial charge in [-0.25, -0.2) is 0 Å². The van der Waals surface area contributed by atoms with Gasteiger partial charge in [-0.1, -0.05) is 37.8 Å². The second-order valence-corrected chi connectivity index (χ2v) is 6.44. The Morgan fingerprint density at radius 2 is 1.60 bits per heavy atom. The molecule has 0 aromatic heterocycles. The zero-order valence-corrected chi connectivity index (χ0v) is 13.3. The fourth-order valence-electron chi connectivity index (χ4n) is 3.37. The summed E-state index contributed by atoms with van der Waals surface area (Å²) in [5.74, 6) is 0. The third kappa shape index (κ3) is 3.83. The summed E-state index contributed by atoms with van der Waals surface area (Å²) in [5.41, 5.74) is 11.5. The van der Waals surface area contributed by atoms with Crippen molar-refractivity contribution in [1.29, 1.82) is 0 Å². The molecular formula is C18H30N2. The number of aryl methyl sites for hydroxylation is 3. The van der Waals surface area contributed by atoms with Crippen molar-refractivity contribution < 1.29 is 0 Å². The van der Waals surface area contributed by atoms with Gasteiger partial charge in [0.05, 0.1) is 0 Å². The third-order valence-corrected chi connectivity index (χ3v) is 4.79. The Labute approximate surface area is 124 Å². The van der Waals surface area contributed by atoms with Gasteiger partial charge in [0.25, 0.3) is 0 Å². The van der Waals surface area contributed by atoms with Crippen molar-refractivity contribution in [1.82, 2.24) is 5.32 Å². The van der Waals surface area contributed by atoms with Crippen molar-refractivity contribution in [3.05, 3.63) is 34.4 Å². The second kappa shape index (κ2) is 7.24. The number of nitrogens with one attached hydrogen (secondary N) is 1. The molecule has 1 aromatic carbocycles. The van der Waals surface area contributed by atoms with Crippen molar-refractivity contribution in [2.45, 2.75) is 71.4 Å². The standard InChI is InChI=1S/C18H30N2/c1-13-10-15(3)17(11-14(13)2)18(12-19)20-16-8-6-4-5-7-9-16/h10-11,16,18,20H,4-9,12,19H2,1-3H3. The van der Waals surface area contributed by atoms with Gasteiger partial charge in [-0.15, -0.1) is 0 Å². The summed E-state index contributed by atoms with van der Waals surface area (Å²) in [4.78, 5) is 0. The third-order valence-electron chi connectivity index (χ3n) is 4.79. The van der Waals surface area contributed by atoms with Crippen molar-refractivity contribution in [3.8, 4) is 0 Å². The van der Waals surface area contributed by atoms with Gasteiger partial charge in [-0.2, -0.15) is 0 Å². The molecule has 112 valence electrons. The van der Waals surface area contributed by atoms with Crippen molar-refractivity contribution >= 4 is 0 Å². The van der Waals surface area contributed by atoms with E-state index in [0.717, 1.165) is 0 Å². The van der Waals surface area contributed by atoms with Crippen LogP contribution in [-0.4, -0.2) is 12.6 Å². The summed E-state index contributed by atoms with van der Waals surface area (Å²) in [7, 11) is 0. The topological polar surface area (TPSA) is 38.0 Å². The van der Waals surface area contributed by atoms with Gasteiger partial charge < -0.3 is 11.1 Å². The normalized spacial score (nSPS) is 18.8. The molecule has 1 aromatic rings. The number of nitrogens with two attached hydrogens (primary N) is 1. The minimum Gasteiger partial charge on any atom is -0.329 e. The van der Waals surface area contributed by atoms with E-state index in [4.69, 9.17) is 5.73 Å². The molecule has 0 aliphatic heterocycles. The molecule has 0 heterocycles. The van der Waals surface area contributed by atoms with Crippen molar-refractivity contribution in [2.24, 2.45) is 5.73 Å². The summed E-state index contributed by atoms with van der Waals surface area (Å²) in [6.45, 7) is 7.26. The Kier molecular flexibility index (Phi) is 5.62. The lowest BCUT2D eigenvalue weighted by atomic mass is 9.94. The first-order valence-corrected chi connectivity index (χ1v) is 8.15. The molecule has 3 N–H and O–H groups in total. The number of rotatable bonds is 4. The molecule has 0 spiro atoms. The van der Waals surface area contributed by atoms with E-state index < -0.39 is 0 Å². The smallest absolute Gasteiger partial charge is 0.0449 e. The van der Waals surface area contributed by atoms with Crippen LogP contribution < -0.4 is 11.1 Å². The average Bonchev–Trinajstić information content (AvgIpc) is 2.69. The first kappa shape index (κ1) is 15.5. The van der Waals surface area contributed by atoms with E-state index in [0.29, 0.717) is 18.6 Å². The van der Waals surface area contributed by atoms with E-state index in [9.17, 15) is 0 Å². The average molecular weight is 274 g/mol. The summed E-state index contributed by atoms with van der Waals surface area (Å²) in [6.07, 6.45) is 8.13. The predicted molar refractivity (Wildman–Crippen MR) is 87.1 cm³/mol. The van der Waals surface area contributed by atoms with Crippen LogP contribution in [0, 0.1) is 20.8 Å². The van der Waals surface area contributed by atoms with E-state index >= 15 is 0 Å². The monoisotopic (exact) mass is 274 g/mol. The fourth-order valence-corrected chi connectivity index (χ4v) is 3.37. The van der Waals surface area contributed by atoms with Crippen molar-refractivity contribution in [3.63, 3.8) is 0 Å². The maximum atomic E-state index is 6.06. The molecule has 1 aliphatic carbocycles. The highest BCUT2D eigenvalue weighted by Crippen LogP contribution is 2.24. The van der Waals surface area contributed by atoms with Gasteiger partial charge in [-0.3, -0.25) is 0 Å². The molecule has 2 nitrogen and oxygen atoms in total. The van der Waals surface area contributed by atoms with Gasteiger partial charge in [-0.05, 0) is 55.9 Å². The van der Waals surface area contributed by atoms with E-state index in [-0.39, 0.29) is 0 Å². The maximum absolute atomic E-state index is 6.06. The van der Waals surface area contributed by atoms with Crippen LogP contribution >= 0.6 is 0 Å². The minimum atomic E-state index is 0.303. The highest BCUT2D eigenvalue weighted by molar-refractivity contribution is 5.38. The van der Waals surface area contributed by atoms with Crippen LogP contribution in [0.2, 0.25) is 0 Å². The van der Waals surface area contributed by atoms with Gasteiger partial charge in [0.15, 0.2) is 0 Å². The van der Waals surface area contributed by atoms with E-state index in [1.807, 2.05) is 0 Å². The minimum absolute atomic E-state index is 0.303. The summed E-state index contributed by atoms with van der Waals surface area (Å²) < 4.78 is 0. The highest BCUT2D eigenvalue weighted by Gasteiger charge is 2.19. The first-order valence-electron chi connectivity index (χ1n) is 8.15. The lowest BCUT2D eigenvalue weighted by molar-refractivity contribution is 0.401. The Morgan fingerprint density at radius 3 is 2.20 bits per heavy atom. The molecule has 0 bridgehead atoms. The molecule has 1 atom stereocenters. The molecule has 2 heteroatoms. The molecule has 20 heavy (non-hydrogen) atoms. The molecule has 0 saturated heterocycles. The maximum Gasteiger partial charge on any atom is 0.0449 e. The van der Waals surface area contributed by atoms with Crippen LogP contribution in [0.1, 0.15) is 66.8 Å². The second-order valence-electron chi connectivity index (χ2n) is 6.44. The van der Waals surface area contributed by atoms with E-state index in [1.165, 1.54) is 60.8 Å². The van der Waals surface area contributed by atoms with Crippen LogP contribution in [0.15, 0.2) is 12.1 Å². The van der Waals surface area contributed by atoms with Crippen molar-refractivity contribution in [2.75, 3.05) is 6.54 Å². The van der Waals surface area contributed by atoms with E-state index in [2.05, 4.69) is 38.2 Å². The van der Waals surface area contributed by atoms with Crippen LogP contribution in [-0.2, 0) is 0 Å². The van der Waals surface area contributed by atoms with Gasteiger partial charge in [0.2, 0.25) is 0 Å². The SMILES string of the molecule is Cc1cc(C)c(C(CN)NC2CCCCCC2)cc1C. The molecule has 2 rings (SSSR count). The number of benzene rings is 1. The van der Waals surface area contributed by atoms with Crippen LogP contribution in [0.3, 0.4) is 0 Å². The van der Waals surface area contributed by atoms with E-state index in [1.54, 1.807) is 0 Å². The largest absolute Gasteiger partial charge is 0.329 e. The molecular weight excluding hydrogens is 244 g/mol. The van der Waals surface area contributed by atoms with Gasteiger partial charge >= 0.3 is 0 Å². The van der Waals surface area contributed by atoms with Crippen LogP contribution in [0.5, 0.6) is 0 Å². The van der Waals surface area contributed by atoms with Gasteiger partial charge in [0.1, 0.15) is 0 Å². The molecule has 0 radical (unpaired) electrons. The summed E-state index contributed by atoms with van der Waals surface area (Å²) in [5, 5.41) is 3.82. The first-order chi connectivity index (χ1) is 9.61. The molecule has 1 unspecified atom stereocenters. The number of hydrogen-bond acceptors (Lipinski definition) is 2. The molecule has 1 fully saturated rings. The molecule has 1 saturated carbocycles. The Bertz CT molecular complexity index is 431. The molecule has 0 amide bonds. The van der Waals surface area contributed by atoms with Crippen LogP contribution in [0.25, 0.3) is 0 Å².